The second-order valence-corrected chi connectivity index (χ2v) is 6.14. The summed E-state index contributed by atoms with van der Waals surface area (Å²) in [4.78, 5) is 2.60. The van der Waals surface area contributed by atoms with Gasteiger partial charge < -0.3 is 10.6 Å². The van der Waals surface area contributed by atoms with Crippen molar-refractivity contribution in [3.05, 3.63) is 0 Å². The molecule has 1 aliphatic heterocycles. The van der Waals surface area contributed by atoms with Crippen molar-refractivity contribution in [1.82, 2.24) is 4.90 Å². The van der Waals surface area contributed by atoms with E-state index in [9.17, 15) is 0 Å². The zero-order valence-electron chi connectivity index (χ0n) is 10.5. The van der Waals surface area contributed by atoms with Gasteiger partial charge in [0.2, 0.25) is 0 Å². The van der Waals surface area contributed by atoms with E-state index in [1.165, 1.54) is 38.8 Å². The van der Waals surface area contributed by atoms with Gasteiger partial charge >= 0.3 is 0 Å². The number of nitrogens with two attached hydrogens (primary N) is 1. The minimum atomic E-state index is 0.474. The van der Waals surface area contributed by atoms with E-state index >= 15 is 0 Å². The van der Waals surface area contributed by atoms with E-state index in [1.54, 1.807) is 0 Å². The molecule has 88 valence electrons. The molecule has 2 nitrogen and oxygen atoms in total. The zero-order valence-corrected chi connectivity index (χ0v) is 10.5. The van der Waals surface area contributed by atoms with Crippen molar-refractivity contribution in [2.75, 3.05) is 13.1 Å². The summed E-state index contributed by atoms with van der Waals surface area (Å²) in [7, 11) is 0. The SMILES string of the molecule is CC1C[C@@H](N)C2(CCN(C(C)C)CC2)C1. The predicted octanol–water partition coefficient (Wildman–Crippen LogP) is 2.23. The van der Waals surface area contributed by atoms with Gasteiger partial charge in [0.05, 0.1) is 0 Å². The van der Waals surface area contributed by atoms with Crippen LogP contribution in [-0.4, -0.2) is 30.1 Å². The summed E-state index contributed by atoms with van der Waals surface area (Å²) in [5, 5.41) is 0. The van der Waals surface area contributed by atoms with Crippen LogP contribution in [0.2, 0.25) is 0 Å². The van der Waals surface area contributed by atoms with Gasteiger partial charge in [0, 0.05) is 12.1 Å². The highest BCUT2D eigenvalue weighted by molar-refractivity contribution is 5.00. The normalized spacial score (nSPS) is 36.6. The Labute approximate surface area is 94.2 Å². The number of likely N-dealkylation sites (tertiary alicyclic amines) is 1. The maximum absolute atomic E-state index is 6.34. The number of nitrogens with zero attached hydrogens (tertiary/aromatic N) is 1. The molecule has 15 heavy (non-hydrogen) atoms. The first-order valence-electron chi connectivity index (χ1n) is 6.53. The first-order valence-corrected chi connectivity index (χ1v) is 6.53. The summed E-state index contributed by atoms with van der Waals surface area (Å²) in [5.41, 5.74) is 6.84. The molecule has 1 unspecified atom stereocenters. The molecule has 0 aromatic carbocycles. The molecule has 1 saturated carbocycles. The fourth-order valence-electron chi connectivity index (χ4n) is 3.67. The third-order valence-corrected chi connectivity index (χ3v) is 4.72. The first-order chi connectivity index (χ1) is 7.03. The highest BCUT2D eigenvalue weighted by Crippen LogP contribution is 2.48. The third kappa shape index (κ3) is 2.07. The average molecular weight is 210 g/mol. The van der Waals surface area contributed by atoms with Gasteiger partial charge in [0.15, 0.2) is 0 Å². The Bertz CT molecular complexity index is 217. The molecule has 1 saturated heterocycles. The van der Waals surface area contributed by atoms with E-state index < -0.39 is 0 Å². The second kappa shape index (κ2) is 4.06. The van der Waals surface area contributed by atoms with E-state index in [1.807, 2.05) is 0 Å². The van der Waals surface area contributed by atoms with Crippen LogP contribution in [0.1, 0.15) is 46.5 Å². The second-order valence-electron chi connectivity index (χ2n) is 6.14. The lowest BCUT2D eigenvalue weighted by atomic mass is 9.74. The van der Waals surface area contributed by atoms with E-state index in [4.69, 9.17) is 5.73 Å². The standard InChI is InChI=1S/C13H26N2/c1-10(2)15-6-4-13(5-7-15)9-11(3)8-12(13)14/h10-12H,4-9,14H2,1-3H3/t11?,12-/m1/s1. The number of hydrogen-bond acceptors (Lipinski definition) is 2. The van der Waals surface area contributed by atoms with Crippen LogP contribution < -0.4 is 5.73 Å². The van der Waals surface area contributed by atoms with Crippen LogP contribution in [0, 0.1) is 11.3 Å². The van der Waals surface area contributed by atoms with Gasteiger partial charge in [-0.25, -0.2) is 0 Å². The molecule has 1 aliphatic carbocycles. The molecule has 1 spiro atoms. The Morgan fingerprint density at radius 3 is 2.27 bits per heavy atom. The fourth-order valence-corrected chi connectivity index (χ4v) is 3.67. The minimum absolute atomic E-state index is 0.474. The maximum atomic E-state index is 6.34. The predicted molar refractivity (Wildman–Crippen MR) is 64.7 cm³/mol. The number of rotatable bonds is 1. The Kier molecular flexibility index (Phi) is 3.09. The molecule has 0 aromatic heterocycles. The molecule has 0 radical (unpaired) electrons. The monoisotopic (exact) mass is 210 g/mol. The fraction of sp³-hybridized carbons (Fsp3) is 1.00. The molecule has 0 aromatic rings. The van der Waals surface area contributed by atoms with Crippen molar-refractivity contribution in [2.45, 2.75) is 58.5 Å². The maximum Gasteiger partial charge on any atom is 0.00991 e. The summed E-state index contributed by atoms with van der Waals surface area (Å²) in [6.45, 7) is 9.49. The molecule has 0 amide bonds. The van der Waals surface area contributed by atoms with E-state index in [-0.39, 0.29) is 0 Å². The largest absolute Gasteiger partial charge is 0.327 e. The van der Waals surface area contributed by atoms with Crippen molar-refractivity contribution < 1.29 is 0 Å². The van der Waals surface area contributed by atoms with Gasteiger partial charge in [-0.05, 0) is 64.0 Å². The van der Waals surface area contributed by atoms with Crippen LogP contribution in [0.15, 0.2) is 0 Å². The smallest absolute Gasteiger partial charge is 0.00991 e. The summed E-state index contributed by atoms with van der Waals surface area (Å²) in [5.74, 6) is 0.852. The van der Waals surface area contributed by atoms with Crippen molar-refractivity contribution in [3.63, 3.8) is 0 Å². The molecular formula is C13H26N2. The molecule has 2 N–H and O–H groups in total. The average Bonchev–Trinajstić information content (AvgIpc) is 2.42. The highest BCUT2D eigenvalue weighted by Gasteiger charge is 2.45. The van der Waals surface area contributed by atoms with Crippen LogP contribution in [0.5, 0.6) is 0 Å². The van der Waals surface area contributed by atoms with Gasteiger partial charge in [-0.2, -0.15) is 0 Å². The zero-order chi connectivity index (χ0) is 11.1. The minimum Gasteiger partial charge on any atom is -0.327 e. The number of piperidine rings is 1. The van der Waals surface area contributed by atoms with Gasteiger partial charge in [-0.15, -0.1) is 0 Å². The van der Waals surface area contributed by atoms with Crippen LogP contribution in [0.3, 0.4) is 0 Å². The van der Waals surface area contributed by atoms with Crippen molar-refractivity contribution >= 4 is 0 Å². The molecule has 1 heterocycles. The molecule has 2 fully saturated rings. The van der Waals surface area contributed by atoms with Crippen molar-refractivity contribution in [2.24, 2.45) is 17.1 Å². The van der Waals surface area contributed by atoms with Crippen molar-refractivity contribution in [3.8, 4) is 0 Å². The Balaban J connectivity index is 1.97. The molecular weight excluding hydrogens is 184 g/mol. The summed E-state index contributed by atoms with van der Waals surface area (Å²) >= 11 is 0. The Morgan fingerprint density at radius 2 is 1.87 bits per heavy atom. The molecule has 2 rings (SSSR count). The lowest BCUT2D eigenvalue weighted by Gasteiger charge is -2.43. The topological polar surface area (TPSA) is 29.3 Å². The van der Waals surface area contributed by atoms with E-state index in [0.29, 0.717) is 17.5 Å². The molecule has 2 aliphatic rings. The summed E-state index contributed by atoms with van der Waals surface area (Å²) in [6.07, 6.45) is 5.29. The van der Waals surface area contributed by atoms with Crippen LogP contribution in [0.4, 0.5) is 0 Å². The van der Waals surface area contributed by atoms with Crippen LogP contribution >= 0.6 is 0 Å². The Morgan fingerprint density at radius 1 is 1.27 bits per heavy atom. The van der Waals surface area contributed by atoms with Gasteiger partial charge in [-0.1, -0.05) is 6.92 Å². The molecule has 2 heteroatoms. The van der Waals surface area contributed by atoms with Gasteiger partial charge in [0.1, 0.15) is 0 Å². The third-order valence-electron chi connectivity index (χ3n) is 4.72. The molecule has 0 bridgehead atoms. The quantitative estimate of drug-likeness (QED) is 0.719. The van der Waals surface area contributed by atoms with Crippen molar-refractivity contribution in [1.29, 1.82) is 0 Å². The number of hydrogen-bond donors (Lipinski definition) is 1. The lowest BCUT2D eigenvalue weighted by Crippen LogP contribution is -2.48. The Hall–Kier alpha value is -0.0800. The first kappa shape index (κ1) is 11.4. The summed E-state index contributed by atoms with van der Waals surface area (Å²) in [6, 6.07) is 1.18. The lowest BCUT2D eigenvalue weighted by molar-refractivity contribution is 0.0739. The summed E-state index contributed by atoms with van der Waals surface area (Å²) < 4.78 is 0. The van der Waals surface area contributed by atoms with E-state index in [0.717, 1.165) is 5.92 Å². The highest BCUT2D eigenvalue weighted by atomic mass is 15.2. The van der Waals surface area contributed by atoms with Gasteiger partial charge in [0.25, 0.3) is 0 Å². The van der Waals surface area contributed by atoms with Crippen LogP contribution in [-0.2, 0) is 0 Å². The molecule has 2 atom stereocenters. The van der Waals surface area contributed by atoms with E-state index in [2.05, 4.69) is 25.7 Å². The van der Waals surface area contributed by atoms with Crippen LogP contribution in [0.25, 0.3) is 0 Å². The van der Waals surface area contributed by atoms with Gasteiger partial charge in [-0.3, -0.25) is 0 Å².